The van der Waals surface area contributed by atoms with Gasteiger partial charge in [0.05, 0.1) is 16.7 Å². The van der Waals surface area contributed by atoms with E-state index in [1.165, 1.54) is 61.1 Å². The van der Waals surface area contributed by atoms with Crippen molar-refractivity contribution in [3.05, 3.63) is 85.3 Å². The fourth-order valence-electron chi connectivity index (χ4n) is 4.44. The van der Waals surface area contributed by atoms with E-state index in [0.717, 1.165) is 6.07 Å². The summed E-state index contributed by atoms with van der Waals surface area (Å²) in [5.41, 5.74) is 1.09. The Hall–Kier alpha value is -5.29. The van der Waals surface area contributed by atoms with Crippen LogP contribution in [0, 0.1) is 0 Å². The third-order valence-electron chi connectivity index (χ3n) is 6.33. The standard InChI is InChI=1S/C27H17N7O7S2/c35-27-21(14-23(43(39,40)41)17-6-3-13-30-26(17)27)34-33-19-8-7-18(15-4-1-11-28-24(15)19)31-32-20-9-10-22(42(36,37)38)16-5-2-12-29-25(16)20/h1-14,35H,(H,36,37,38)(H,39,40,41)/b32-31+,34-33+. The molecule has 16 heteroatoms. The van der Waals surface area contributed by atoms with Gasteiger partial charge in [-0.15, -0.1) is 20.5 Å². The molecule has 14 nitrogen and oxygen atoms in total. The van der Waals surface area contributed by atoms with Crippen molar-refractivity contribution in [2.45, 2.75) is 9.79 Å². The van der Waals surface area contributed by atoms with E-state index in [1.807, 2.05) is 0 Å². The van der Waals surface area contributed by atoms with Crippen LogP contribution in [0.4, 0.5) is 22.7 Å². The molecular weight excluding hydrogens is 598 g/mol. The van der Waals surface area contributed by atoms with E-state index in [2.05, 4.69) is 35.4 Å². The summed E-state index contributed by atoms with van der Waals surface area (Å²) < 4.78 is 66.9. The Morgan fingerprint density at radius 2 is 0.953 bits per heavy atom. The molecule has 0 unspecified atom stereocenters. The van der Waals surface area contributed by atoms with Crippen LogP contribution < -0.4 is 0 Å². The maximum absolute atomic E-state index is 12.0. The zero-order valence-corrected chi connectivity index (χ0v) is 23.1. The molecule has 0 fully saturated rings. The van der Waals surface area contributed by atoms with Crippen molar-refractivity contribution >= 4 is 75.7 Å². The number of aromatic hydroxyl groups is 1. The second-order valence-corrected chi connectivity index (χ2v) is 11.8. The van der Waals surface area contributed by atoms with Crippen molar-refractivity contribution < 1.29 is 31.0 Å². The van der Waals surface area contributed by atoms with Crippen molar-refractivity contribution in [3.63, 3.8) is 0 Å². The topological polar surface area (TPSA) is 217 Å². The third kappa shape index (κ3) is 5.26. The van der Waals surface area contributed by atoms with Gasteiger partial charge in [-0.05, 0) is 66.7 Å². The van der Waals surface area contributed by atoms with Crippen molar-refractivity contribution in [2.75, 3.05) is 0 Å². The van der Waals surface area contributed by atoms with Crippen LogP contribution in [-0.4, -0.2) is 46.0 Å². The molecule has 6 rings (SSSR count). The molecular formula is C27H17N7O7S2. The van der Waals surface area contributed by atoms with E-state index in [4.69, 9.17) is 0 Å². The number of nitrogens with zero attached hydrogens (tertiary/aromatic N) is 7. The first-order chi connectivity index (χ1) is 20.5. The third-order valence-corrected chi connectivity index (χ3v) is 8.13. The summed E-state index contributed by atoms with van der Waals surface area (Å²) in [6.45, 7) is 0. The number of fused-ring (bicyclic) bond motifs is 3. The summed E-state index contributed by atoms with van der Waals surface area (Å²) in [7, 11) is -9.18. The average Bonchev–Trinajstić information content (AvgIpc) is 2.98. The Bertz CT molecular complexity index is 2380. The van der Waals surface area contributed by atoms with Gasteiger partial charge in [0.1, 0.15) is 32.4 Å². The summed E-state index contributed by atoms with van der Waals surface area (Å²) in [6, 6.07) is 15.9. The van der Waals surface area contributed by atoms with E-state index < -0.39 is 30.9 Å². The van der Waals surface area contributed by atoms with E-state index in [0.29, 0.717) is 16.6 Å². The fraction of sp³-hybridized carbons (Fsp3) is 0. The Kier molecular flexibility index (Phi) is 6.82. The van der Waals surface area contributed by atoms with E-state index in [1.54, 1.807) is 18.2 Å². The van der Waals surface area contributed by atoms with Crippen LogP contribution in [0.5, 0.6) is 5.75 Å². The highest BCUT2D eigenvalue weighted by molar-refractivity contribution is 7.86. The van der Waals surface area contributed by atoms with Gasteiger partial charge in [-0.1, -0.05) is 0 Å². The van der Waals surface area contributed by atoms with Gasteiger partial charge in [-0.25, -0.2) is 0 Å². The molecule has 0 amide bonds. The minimum absolute atomic E-state index is 0.0129. The number of hydrogen-bond donors (Lipinski definition) is 3. The second kappa shape index (κ2) is 10.5. The number of phenols is 1. The van der Waals surface area contributed by atoms with Gasteiger partial charge in [0.15, 0.2) is 5.75 Å². The lowest BCUT2D eigenvalue weighted by Gasteiger charge is -2.08. The monoisotopic (exact) mass is 615 g/mol. The molecule has 6 aromatic rings. The summed E-state index contributed by atoms with van der Waals surface area (Å²) >= 11 is 0. The van der Waals surface area contributed by atoms with Crippen LogP contribution in [0.2, 0.25) is 0 Å². The zero-order chi connectivity index (χ0) is 30.4. The number of rotatable bonds is 6. The number of phenolic OH excluding ortho intramolecular Hbond substituents is 1. The molecule has 3 heterocycles. The molecule has 0 saturated heterocycles. The first kappa shape index (κ1) is 27.9. The normalized spacial score (nSPS) is 12.7. The highest BCUT2D eigenvalue weighted by Crippen LogP contribution is 2.40. The predicted molar refractivity (Wildman–Crippen MR) is 155 cm³/mol. The second-order valence-electron chi connectivity index (χ2n) is 8.98. The molecule has 0 aliphatic heterocycles. The maximum atomic E-state index is 12.0. The van der Waals surface area contributed by atoms with Gasteiger partial charge in [0.2, 0.25) is 0 Å². The first-order valence-corrected chi connectivity index (χ1v) is 15.0. The Labute approximate surface area is 242 Å². The zero-order valence-electron chi connectivity index (χ0n) is 21.5. The molecule has 0 aliphatic rings. The van der Waals surface area contributed by atoms with Gasteiger partial charge in [-0.2, -0.15) is 16.8 Å². The van der Waals surface area contributed by atoms with Crippen LogP contribution in [0.15, 0.2) is 116 Å². The molecule has 0 spiro atoms. The van der Waals surface area contributed by atoms with Crippen LogP contribution in [0.25, 0.3) is 32.7 Å². The lowest BCUT2D eigenvalue weighted by atomic mass is 10.1. The summed E-state index contributed by atoms with van der Waals surface area (Å²) in [5, 5.41) is 28.2. The number of benzene rings is 3. The van der Waals surface area contributed by atoms with Gasteiger partial charge >= 0.3 is 0 Å². The quantitative estimate of drug-likeness (QED) is 0.139. The Balaban J connectivity index is 1.42. The number of pyridine rings is 3. The molecule has 214 valence electrons. The van der Waals surface area contributed by atoms with E-state index in [9.17, 15) is 31.0 Å². The SMILES string of the molecule is O=S(=O)(O)c1ccc(/N=N/c2ccc(/N=N/c3cc(S(=O)(=O)O)c4cccnc4c3O)c3ncccc23)c2ncccc12. The van der Waals surface area contributed by atoms with Crippen LogP contribution in [-0.2, 0) is 20.2 Å². The number of azo groups is 2. The molecule has 0 radical (unpaired) electrons. The molecule has 3 aromatic carbocycles. The van der Waals surface area contributed by atoms with E-state index in [-0.39, 0.29) is 43.8 Å². The molecule has 0 bridgehead atoms. The lowest BCUT2D eigenvalue weighted by Crippen LogP contribution is -1.99. The van der Waals surface area contributed by atoms with Gasteiger partial charge < -0.3 is 5.11 Å². The van der Waals surface area contributed by atoms with Crippen molar-refractivity contribution in [3.8, 4) is 5.75 Å². The van der Waals surface area contributed by atoms with Gasteiger partial charge in [-0.3, -0.25) is 24.1 Å². The Morgan fingerprint density at radius 1 is 0.512 bits per heavy atom. The minimum atomic E-state index is -4.68. The van der Waals surface area contributed by atoms with Crippen LogP contribution in [0.1, 0.15) is 0 Å². The first-order valence-electron chi connectivity index (χ1n) is 12.2. The molecule has 43 heavy (non-hydrogen) atoms. The maximum Gasteiger partial charge on any atom is 0.295 e. The summed E-state index contributed by atoms with van der Waals surface area (Å²) in [6.07, 6.45) is 4.32. The predicted octanol–water partition coefficient (Wildman–Crippen LogP) is 6.36. The highest BCUT2D eigenvalue weighted by atomic mass is 32.2. The van der Waals surface area contributed by atoms with Gasteiger partial charge in [0, 0.05) is 34.7 Å². The van der Waals surface area contributed by atoms with E-state index >= 15 is 0 Å². The largest absolute Gasteiger partial charge is 0.504 e. The number of hydrogen-bond acceptors (Lipinski definition) is 12. The summed E-state index contributed by atoms with van der Waals surface area (Å²) in [5.74, 6) is -0.435. The smallest absolute Gasteiger partial charge is 0.295 e. The Morgan fingerprint density at radius 3 is 1.56 bits per heavy atom. The summed E-state index contributed by atoms with van der Waals surface area (Å²) in [4.78, 5) is 11.8. The molecule has 3 N–H and O–H groups in total. The van der Waals surface area contributed by atoms with Gasteiger partial charge in [0.25, 0.3) is 20.2 Å². The van der Waals surface area contributed by atoms with Crippen LogP contribution in [0.3, 0.4) is 0 Å². The molecule has 0 saturated carbocycles. The van der Waals surface area contributed by atoms with Crippen molar-refractivity contribution in [2.24, 2.45) is 20.5 Å². The molecule has 0 aliphatic carbocycles. The average molecular weight is 616 g/mol. The lowest BCUT2D eigenvalue weighted by molar-refractivity contribution is 0.478. The minimum Gasteiger partial charge on any atom is -0.504 e. The number of aromatic nitrogens is 3. The highest BCUT2D eigenvalue weighted by Gasteiger charge is 2.21. The van der Waals surface area contributed by atoms with Crippen molar-refractivity contribution in [1.82, 2.24) is 15.0 Å². The van der Waals surface area contributed by atoms with Crippen LogP contribution >= 0.6 is 0 Å². The fourth-order valence-corrected chi connectivity index (χ4v) is 5.82. The van der Waals surface area contributed by atoms with Crippen molar-refractivity contribution in [1.29, 1.82) is 0 Å². The molecule has 3 aromatic heterocycles. The molecule has 0 atom stereocenters.